The van der Waals surface area contributed by atoms with E-state index in [1.807, 2.05) is 6.07 Å². The molecule has 1 aliphatic carbocycles. The normalized spacial score (nSPS) is 14.6. The SMILES string of the molecule is COC(=O)c1ccc(-c2ccc(/C=C(/C#N)C(=O)NC3CCCC3)o2)cc1. The van der Waals surface area contributed by atoms with Gasteiger partial charge in [0.1, 0.15) is 23.2 Å². The minimum Gasteiger partial charge on any atom is -0.465 e. The summed E-state index contributed by atoms with van der Waals surface area (Å²) >= 11 is 0. The van der Waals surface area contributed by atoms with Crippen molar-refractivity contribution in [1.29, 1.82) is 5.26 Å². The zero-order valence-electron chi connectivity index (χ0n) is 15.0. The molecule has 1 saturated carbocycles. The summed E-state index contributed by atoms with van der Waals surface area (Å²) in [6, 6.07) is 12.3. The molecule has 0 spiro atoms. The first kappa shape index (κ1) is 18.5. The lowest BCUT2D eigenvalue weighted by Gasteiger charge is -2.10. The third-order valence-corrected chi connectivity index (χ3v) is 4.56. The number of carbonyl (C=O) groups is 2. The largest absolute Gasteiger partial charge is 0.465 e. The fourth-order valence-electron chi connectivity index (χ4n) is 3.10. The molecule has 1 aromatic heterocycles. The molecule has 1 fully saturated rings. The van der Waals surface area contributed by atoms with Crippen LogP contribution in [0.25, 0.3) is 17.4 Å². The Balaban J connectivity index is 1.73. The number of amides is 1. The molecule has 0 bridgehead atoms. The lowest BCUT2D eigenvalue weighted by molar-refractivity contribution is -0.117. The molecule has 6 nitrogen and oxygen atoms in total. The number of esters is 1. The molecule has 1 N–H and O–H groups in total. The molecule has 0 radical (unpaired) electrons. The lowest BCUT2D eigenvalue weighted by atomic mass is 10.1. The molecular formula is C21H20N2O4. The van der Waals surface area contributed by atoms with Crippen molar-refractivity contribution in [3.63, 3.8) is 0 Å². The van der Waals surface area contributed by atoms with Crippen molar-refractivity contribution < 1.29 is 18.7 Å². The van der Waals surface area contributed by atoms with Crippen molar-refractivity contribution >= 4 is 18.0 Å². The fraction of sp³-hybridized carbons (Fsp3) is 0.286. The number of nitrogens with one attached hydrogen (secondary N) is 1. The van der Waals surface area contributed by atoms with Crippen LogP contribution in [0, 0.1) is 11.3 Å². The van der Waals surface area contributed by atoms with Gasteiger partial charge in [0.2, 0.25) is 0 Å². The second-order valence-corrected chi connectivity index (χ2v) is 6.40. The van der Waals surface area contributed by atoms with E-state index in [1.165, 1.54) is 13.2 Å². The van der Waals surface area contributed by atoms with E-state index in [4.69, 9.17) is 4.42 Å². The highest BCUT2D eigenvalue weighted by atomic mass is 16.5. The smallest absolute Gasteiger partial charge is 0.337 e. The van der Waals surface area contributed by atoms with E-state index >= 15 is 0 Å². The van der Waals surface area contributed by atoms with E-state index in [1.54, 1.807) is 36.4 Å². The fourth-order valence-corrected chi connectivity index (χ4v) is 3.10. The van der Waals surface area contributed by atoms with Crippen molar-refractivity contribution in [3.8, 4) is 17.4 Å². The predicted molar refractivity (Wildman–Crippen MR) is 99.5 cm³/mol. The second-order valence-electron chi connectivity index (χ2n) is 6.40. The number of methoxy groups -OCH3 is 1. The average molecular weight is 364 g/mol. The Labute approximate surface area is 157 Å². The van der Waals surface area contributed by atoms with Gasteiger partial charge < -0.3 is 14.5 Å². The van der Waals surface area contributed by atoms with E-state index in [0.717, 1.165) is 31.2 Å². The van der Waals surface area contributed by atoms with Crippen LogP contribution in [0.3, 0.4) is 0 Å². The van der Waals surface area contributed by atoms with Crippen LogP contribution in [0.1, 0.15) is 41.8 Å². The van der Waals surface area contributed by atoms with Gasteiger partial charge in [0.25, 0.3) is 5.91 Å². The van der Waals surface area contributed by atoms with Crippen LogP contribution in [0.4, 0.5) is 0 Å². The van der Waals surface area contributed by atoms with Crippen molar-refractivity contribution in [3.05, 3.63) is 53.3 Å². The number of nitrogens with zero attached hydrogens (tertiary/aromatic N) is 1. The van der Waals surface area contributed by atoms with Gasteiger partial charge in [-0.1, -0.05) is 25.0 Å². The molecule has 6 heteroatoms. The van der Waals surface area contributed by atoms with Gasteiger partial charge in [0, 0.05) is 17.7 Å². The zero-order chi connectivity index (χ0) is 19.2. The van der Waals surface area contributed by atoms with Crippen molar-refractivity contribution in [2.45, 2.75) is 31.7 Å². The molecule has 0 saturated heterocycles. The van der Waals surface area contributed by atoms with Crippen LogP contribution in [-0.2, 0) is 9.53 Å². The second kappa shape index (κ2) is 8.37. The first-order chi connectivity index (χ1) is 13.1. The first-order valence-corrected chi connectivity index (χ1v) is 8.82. The number of carbonyl (C=O) groups excluding carboxylic acids is 2. The van der Waals surface area contributed by atoms with E-state index in [9.17, 15) is 14.9 Å². The topological polar surface area (TPSA) is 92.3 Å². The van der Waals surface area contributed by atoms with Gasteiger partial charge in [0.15, 0.2) is 0 Å². The maximum absolute atomic E-state index is 12.3. The van der Waals surface area contributed by atoms with Gasteiger partial charge in [0.05, 0.1) is 12.7 Å². The van der Waals surface area contributed by atoms with Crippen LogP contribution < -0.4 is 5.32 Å². The summed E-state index contributed by atoms with van der Waals surface area (Å²) in [5.41, 5.74) is 1.24. The number of nitriles is 1. The Morgan fingerprint density at radius 1 is 1.19 bits per heavy atom. The van der Waals surface area contributed by atoms with Crippen LogP contribution >= 0.6 is 0 Å². The predicted octanol–water partition coefficient (Wildman–Crippen LogP) is 3.70. The molecule has 27 heavy (non-hydrogen) atoms. The highest BCUT2D eigenvalue weighted by Gasteiger charge is 2.19. The Morgan fingerprint density at radius 2 is 1.89 bits per heavy atom. The van der Waals surface area contributed by atoms with Gasteiger partial charge in [-0.05, 0) is 37.1 Å². The number of rotatable bonds is 5. The Bertz CT molecular complexity index is 897. The quantitative estimate of drug-likeness (QED) is 0.496. The van der Waals surface area contributed by atoms with Gasteiger partial charge in [-0.25, -0.2) is 4.79 Å². The van der Waals surface area contributed by atoms with E-state index in [0.29, 0.717) is 17.1 Å². The first-order valence-electron chi connectivity index (χ1n) is 8.82. The number of ether oxygens (including phenoxy) is 1. The van der Waals surface area contributed by atoms with Crippen LogP contribution in [0.5, 0.6) is 0 Å². The summed E-state index contributed by atoms with van der Waals surface area (Å²) < 4.78 is 10.4. The molecule has 138 valence electrons. The summed E-state index contributed by atoms with van der Waals surface area (Å²) in [7, 11) is 1.33. The molecular weight excluding hydrogens is 344 g/mol. The zero-order valence-corrected chi connectivity index (χ0v) is 15.0. The van der Waals surface area contributed by atoms with Gasteiger partial charge in [-0.2, -0.15) is 5.26 Å². The molecule has 1 heterocycles. The molecule has 2 aromatic rings. The number of hydrogen-bond acceptors (Lipinski definition) is 5. The van der Waals surface area contributed by atoms with Gasteiger partial charge in [-0.3, -0.25) is 4.79 Å². The van der Waals surface area contributed by atoms with Gasteiger partial charge in [-0.15, -0.1) is 0 Å². The molecule has 1 aliphatic rings. The highest BCUT2D eigenvalue weighted by molar-refractivity contribution is 6.01. The van der Waals surface area contributed by atoms with Crippen molar-refractivity contribution in [1.82, 2.24) is 5.32 Å². The summed E-state index contributed by atoms with van der Waals surface area (Å²) in [5.74, 6) is 0.215. The van der Waals surface area contributed by atoms with Crippen molar-refractivity contribution in [2.24, 2.45) is 0 Å². The molecule has 1 aromatic carbocycles. The Hall–Kier alpha value is -3.33. The van der Waals surface area contributed by atoms with Gasteiger partial charge >= 0.3 is 5.97 Å². The number of furan rings is 1. The van der Waals surface area contributed by atoms with Crippen LogP contribution in [-0.4, -0.2) is 25.0 Å². The summed E-state index contributed by atoms with van der Waals surface area (Å²) in [4.78, 5) is 23.7. The van der Waals surface area contributed by atoms with E-state index < -0.39 is 5.97 Å². The maximum atomic E-state index is 12.3. The molecule has 0 aliphatic heterocycles. The summed E-state index contributed by atoms with van der Waals surface area (Å²) in [6.45, 7) is 0. The van der Waals surface area contributed by atoms with E-state index in [-0.39, 0.29) is 17.5 Å². The average Bonchev–Trinajstić information content (AvgIpc) is 3.37. The standard InChI is InChI=1S/C21H20N2O4/c1-26-21(25)15-8-6-14(7-9-15)19-11-10-18(27-19)12-16(13-22)20(24)23-17-4-2-3-5-17/h6-12,17H,2-5H2,1H3,(H,23,24)/b16-12-. The minimum atomic E-state index is -0.406. The molecule has 0 unspecified atom stereocenters. The number of benzene rings is 1. The lowest BCUT2D eigenvalue weighted by Crippen LogP contribution is -2.33. The Morgan fingerprint density at radius 3 is 2.52 bits per heavy atom. The van der Waals surface area contributed by atoms with E-state index in [2.05, 4.69) is 10.1 Å². The monoisotopic (exact) mass is 364 g/mol. The maximum Gasteiger partial charge on any atom is 0.337 e. The third-order valence-electron chi connectivity index (χ3n) is 4.56. The van der Waals surface area contributed by atoms with Crippen LogP contribution in [0.2, 0.25) is 0 Å². The highest BCUT2D eigenvalue weighted by Crippen LogP contribution is 2.24. The van der Waals surface area contributed by atoms with Crippen molar-refractivity contribution in [2.75, 3.05) is 7.11 Å². The summed E-state index contributed by atoms with van der Waals surface area (Å²) in [6.07, 6.45) is 5.56. The molecule has 3 rings (SSSR count). The summed E-state index contributed by atoms with van der Waals surface area (Å²) in [5, 5.41) is 12.2. The third kappa shape index (κ3) is 4.45. The Kier molecular flexibility index (Phi) is 5.72. The molecule has 1 amide bonds. The minimum absolute atomic E-state index is 0.0174. The number of hydrogen-bond donors (Lipinski definition) is 1. The van der Waals surface area contributed by atoms with Crippen LogP contribution in [0.15, 0.2) is 46.4 Å². The molecule has 0 atom stereocenters.